The van der Waals surface area contributed by atoms with Crippen molar-refractivity contribution in [1.82, 2.24) is 0 Å². The van der Waals surface area contributed by atoms with Crippen LogP contribution in [0.1, 0.15) is 5.56 Å². The van der Waals surface area contributed by atoms with Gasteiger partial charge in [0.2, 0.25) is 15.9 Å². The maximum Gasteiger partial charge on any atom is 0.245 e. The van der Waals surface area contributed by atoms with Gasteiger partial charge in [-0.2, -0.15) is 0 Å². The summed E-state index contributed by atoms with van der Waals surface area (Å²) >= 11 is 0. The molecule has 0 bridgehead atoms. The number of amides is 1. The van der Waals surface area contributed by atoms with Gasteiger partial charge in [-0.15, -0.1) is 0 Å². The Morgan fingerprint density at radius 2 is 1.77 bits per heavy atom. The quantitative estimate of drug-likeness (QED) is 0.942. The van der Waals surface area contributed by atoms with Crippen LogP contribution in [0.3, 0.4) is 0 Å². The van der Waals surface area contributed by atoms with Crippen molar-refractivity contribution in [2.24, 2.45) is 0 Å². The van der Waals surface area contributed by atoms with Gasteiger partial charge in [0.15, 0.2) is 0 Å². The molecule has 114 valence electrons. The van der Waals surface area contributed by atoms with Crippen LogP contribution in [0, 0.1) is 5.82 Å². The fourth-order valence-electron chi connectivity index (χ4n) is 2.34. The molecule has 0 aliphatic carbocycles. The van der Waals surface area contributed by atoms with E-state index in [4.69, 9.17) is 0 Å². The van der Waals surface area contributed by atoms with E-state index >= 15 is 0 Å². The molecular weight excluding hydrogens is 307 g/mol. The molecular formula is C15H13FN2O3S. The zero-order valence-electron chi connectivity index (χ0n) is 11.5. The lowest BCUT2D eigenvalue weighted by Crippen LogP contribution is -2.42. The molecule has 1 N–H and O–H groups in total. The van der Waals surface area contributed by atoms with E-state index in [1.54, 1.807) is 30.3 Å². The Labute approximate surface area is 127 Å². The van der Waals surface area contributed by atoms with Gasteiger partial charge in [0, 0.05) is 5.56 Å². The van der Waals surface area contributed by atoms with Crippen LogP contribution >= 0.6 is 0 Å². The summed E-state index contributed by atoms with van der Waals surface area (Å²) in [5, 5.41) is 2.62. The standard InChI is InChI=1S/C15H13FN2O3S/c16-12-6-2-1-5-11(12)10-22(20,21)18-9-15(19)17-13-7-3-4-8-14(13)18/h1-8H,9-10H2,(H,17,19). The summed E-state index contributed by atoms with van der Waals surface area (Å²) in [4.78, 5) is 11.7. The molecule has 0 radical (unpaired) electrons. The van der Waals surface area contributed by atoms with E-state index in [0.29, 0.717) is 11.4 Å². The smallest absolute Gasteiger partial charge is 0.245 e. The van der Waals surface area contributed by atoms with Gasteiger partial charge in [0.1, 0.15) is 12.4 Å². The number of halogens is 1. The SMILES string of the molecule is O=C1CN(S(=O)(=O)Cc2ccccc2F)c2ccccc2N1. The van der Waals surface area contributed by atoms with E-state index in [1.165, 1.54) is 18.2 Å². The van der Waals surface area contributed by atoms with Crippen molar-refractivity contribution in [2.45, 2.75) is 5.75 Å². The highest BCUT2D eigenvalue weighted by Crippen LogP contribution is 2.32. The number of anilines is 2. The molecule has 3 rings (SSSR count). The highest BCUT2D eigenvalue weighted by molar-refractivity contribution is 7.92. The summed E-state index contributed by atoms with van der Waals surface area (Å²) in [6.07, 6.45) is 0. The van der Waals surface area contributed by atoms with Crippen molar-refractivity contribution in [1.29, 1.82) is 0 Å². The van der Waals surface area contributed by atoms with Crippen LogP contribution in [-0.4, -0.2) is 20.9 Å². The molecule has 0 saturated heterocycles. The minimum Gasteiger partial charge on any atom is -0.323 e. The van der Waals surface area contributed by atoms with E-state index in [2.05, 4.69) is 5.32 Å². The Hall–Kier alpha value is -2.41. The molecule has 0 atom stereocenters. The molecule has 0 unspecified atom stereocenters. The first-order chi connectivity index (χ1) is 10.5. The molecule has 1 aliphatic heterocycles. The Morgan fingerprint density at radius 3 is 2.55 bits per heavy atom. The normalized spacial score (nSPS) is 14.4. The molecule has 5 nitrogen and oxygen atoms in total. The first-order valence-corrected chi connectivity index (χ1v) is 8.21. The number of carbonyl (C=O) groups is 1. The fraction of sp³-hybridized carbons (Fsp3) is 0.133. The lowest BCUT2D eigenvalue weighted by atomic mass is 10.2. The number of fused-ring (bicyclic) bond motifs is 1. The number of benzene rings is 2. The van der Waals surface area contributed by atoms with Crippen molar-refractivity contribution >= 4 is 27.3 Å². The second kappa shape index (κ2) is 5.42. The molecule has 7 heteroatoms. The van der Waals surface area contributed by atoms with Gasteiger partial charge < -0.3 is 5.32 Å². The fourth-order valence-corrected chi connectivity index (χ4v) is 3.90. The molecule has 0 aromatic heterocycles. The van der Waals surface area contributed by atoms with Crippen molar-refractivity contribution in [2.75, 3.05) is 16.2 Å². The number of hydrogen-bond donors (Lipinski definition) is 1. The van der Waals surface area contributed by atoms with Crippen molar-refractivity contribution in [3.05, 3.63) is 59.9 Å². The number of hydrogen-bond acceptors (Lipinski definition) is 3. The lowest BCUT2D eigenvalue weighted by molar-refractivity contribution is -0.115. The predicted molar refractivity (Wildman–Crippen MR) is 81.4 cm³/mol. The minimum absolute atomic E-state index is 0.0750. The predicted octanol–water partition coefficient (Wildman–Crippen LogP) is 2.11. The topological polar surface area (TPSA) is 66.5 Å². The molecule has 0 saturated carbocycles. The van der Waals surface area contributed by atoms with Crippen LogP contribution in [-0.2, 0) is 20.6 Å². The summed E-state index contributed by atoms with van der Waals surface area (Å²) < 4.78 is 39.9. The van der Waals surface area contributed by atoms with Crippen LogP contribution in [0.4, 0.5) is 15.8 Å². The number of para-hydroxylation sites is 2. The summed E-state index contributed by atoms with van der Waals surface area (Å²) in [7, 11) is -3.87. The number of nitrogens with zero attached hydrogens (tertiary/aromatic N) is 1. The largest absolute Gasteiger partial charge is 0.323 e. The second-order valence-electron chi connectivity index (χ2n) is 4.92. The van der Waals surface area contributed by atoms with Crippen LogP contribution in [0.15, 0.2) is 48.5 Å². The summed E-state index contributed by atoms with van der Waals surface area (Å²) in [6.45, 7) is -0.312. The van der Waals surface area contributed by atoms with E-state index < -0.39 is 27.5 Å². The van der Waals surface area contributed by atoms with Crippen molar-refractivity contribution in [3.63, 3.8) is 0 Å². The number of nitrogens with one attached hydrogen (secondary N) is 1. The number of rotatable bonds is 3. The second-order valence-corrected chi connectivity index (χ2v) is 6.81. The summed E-state index contributed by atoms with van der Waals surface area (Å²) in [5.74, 6) is -1.50. The third kappa shape index (κ3) is 2.67. The van der Waals surface area contributed by atoms with Gasteiger partial charge in [-0.05, 0) is 18.2 Å². The van der Waals surface area contributed by atoms with Crippen LogP contribution < -0.4 is 9.62 Å². The van der Waals surface area contributed by atoms with Gasteiger partial charge in [0.05, 0.1) is 17.1 Å². The Bertz CT molecular complexity index is 836. The third-order valence-electron chi connectivity index (χ3n) is 3.37. The van der Waals surface area contributed by atoms with E-state index in [-0.39, 0.29) is 12.1 Å². The van der Waals surface area contributed by atoms with Gasteiger partial charge in [0.25, 0.3) is 0 Å². The average Bonchev–Trinajstić information content (AvgIpc) is 2.48. The first-order valence-electron chi connectivity index (χ1n) is 6.60. The minimum atomic E-state index is -3.87. The number of carbonyl (C=O) groups excluding carboxylic acids is 1. The Morgan fingerprint density at radius 1 is 1.09 bits per heavy atom. The van der Waals surface area contributed by atoms with Gasteiger partial charge in [-0.3, -0.25) is 9.10 Å². The molecule has 1 amide bonds. The maximum absolute atomic E-state index is 13.7. The molecule has 1 heterocycles. The molecule has 0 fully saturated rings. The van der Waals surface area contributed by atoms with Crippen LogP contribution in [0.5, 0.6) is 0 Å². The van der Waals surface area contributed by atoms with E-state index in [1.807, 2.05) is 0 Å². The van der Waals surface area contributed by atoms with Crippen molar-refractivity contribution in [3.8, 4) is 0 Å². The molecule has 1 aliphatic rings. The van der Waals surface area contributed by atoms with Crippen LogP contribution in [0.2, 0.25) is 0 Å². The average molecular weight is 320 g/mol. The summed E-state index contributed by atoms with van der Waals surface area (Å²) in [5.41, 5.74) is 0.889. The monoisotopic (exact) mass is 320 g/mol. The maximum atomic E-state index is 13.7. The highest BCUT2D eigenvalue weighted by atomic mass is 32.2. The van der Waals surface area contributed by atoms with E-state index in [9.17, 15) is 17.6 Å². The molecule has 22 heavy (non-hydrogen) atoms. The van der Waals surface area contributed by atoms with Gasteiger partial charge in [-0.25, -0.2) is 12.8 Å². The van der Waals surface area contributed by atoms with Gasteiger partial charge >= 0.3 is 0 Å². The molecule has 2 aromatic carbocycles. The molecule has 0 spiro atoms. The van der Waals surface area contributed by atoms with E-state index in [0.717, 1.165) is 4.31 Å². The highest BCUT2D eigenvalue weighted by Gasteiger charge is 2.31. The third-order valence-corrected chi connectivity index (χ3v) is 5.04. The first kappa shape index (κ1) is 14.5. The zero-order valence-corrected chi connectivity index (χ0v) is 12.3. The lowest BCUT2D eigenvalue weighted by Gasteiger charge is -2.30. The van der Waals surface area contributed by atoms with Gasteiger partial charge in [-0.1, -0.05) is 30.3 Å². The Kier molecular flexibility index (Phi) is 3.58. The van der Waals surface area contributed by atoms with Crippen molar-refractivity contribution < 1.29 is 17.6 Å². The Balaban J connectivity index is 1.99. The van der Waals surface area contributed by atoms with Crippen LogP contribution in [0.25, 0.3) is 0 Å². The molecule has 2 aromatic rings. The summed E-state index contributed by atoms with van der Waals surface area (Å²) in [6, 6.07) is 12.3. The number of sulfonamides is 1. The zero-order chi connectivity index (χ0) is 15.7.